The fourth-order valence-corrected chi connectivity index (χ4v) is 3.54. The van der Waals surface area contributed by atoms with Gasteiger partial charge in [-0.1, -0.05) is 17.7 Å². The summed E-state index contributed by atoms with van der Waals surface area (Å²) in [6, 6.07) is 7.48. The van der Waals surface area contributed by atoms with Crippen molar-refractivity contribution in [1.29, 1.82) is 0 Å². The minimum absolute atomic E-state index is 0.0501. The van der Waals surface area contributed by atoms with Crippen LogP contribution in [0.1, 0.15) is 6.42 Å². The number of benzene rings is 2. The highest BCUT2D eigenvalue weighted by atomic mass is 35.5. The number of aromatic nitrogens is 2. The second kappa shape index (κ2) is 14.6. The molecule has 0 saturated carbocycles. The first kappa shape index (κ1) is 30.1. The molecule has 0 fully saturated rings. The summed E-state index contributed by atoms with van der Waals surface area (Å²) >= 11 is 5.91. The van der Waals surface area contributed by atoms with Crippen molar-refractivity contribution in [2.45, 2.75) is 6.42 Å². The van der Waals surface area contributed by atoms with Gasteiger partial charge in [-0.2, -0.15) is 0 Å². The number of likely N-dealkylation sites (N-methyl/N-ethyl adjacent to an activating group) is 1. The Hall–Kier alpha value is -4.49. The zero-order chi connectivity index (χ0) is 29.1. The lowest BCUT2D eigenvalue weighted by Gasteiger charge is -2.15. The predicted octanol–water partition coefficient (Wildman–Crippen LogP) is 3.37. The number of carbonyl (C=O) groups is 3. The Labute approximate surface area is 234 Å². The molecule has 2 aromatic carbocycles. The normalized spacial score (nSPS) is 11.0. The molecule has 40 heavy (non-hydrogen) atoms. The van der Waals surface area contributed by atoms with Crippen molar-refractivity contribution in [2.24, 2.45) is 0 Å². The molecule has 212 valence electrons. The Kier molecular flexibility index (Phi) is 11.0. The molecule has 0 saturated heterocycles. The molecule has 3 amide bonds. The van der Waals surface area contributed by atoms with Gasteiger partial charge in [0.2, 0.25) is 11.8 Å². The van der Waals surface area contributed by atoms with Crippen LogP contribution in [0.25, 0.3) is 10.9 Å². The zero-order valence-corrected chi connectivity index (χ0v) is 22.6. The minimum atomic E-state index is -1.29. The Morgan fingerprint density at radius 1 is 1.15 bits per heavy atom. The van der Waals surface area contributed by atoms with Gasteiger partial charge in [-0.05, 0) is 44.8 Å². The van der Waals surface area contributed by atoms with E-state index in [0.717, 1.165) is 0 Å². The summed E-state index contributed by atoms with van der Waals surface area (Å²) in [5.41, 5.74) is 1.37. The Balaban J connectivity index is 1.80. The maximum absolute atomic E-state index is 13.6. The first-order chi connectivity index (χ1) is 19.1. The van der Waals surface area contributed by atoms with E-state index in [0.29, 0.717) is 46.8 Å². The Morgan fingerprint density at radius 2 is 1.95 bits per heavy atom. The molecule has 0 radical (unpaired) electrons. The van der Waals surface area contributed by atoms with Crippen LogP contribution in [0.15, 0.2) is 48.8 Å². The number of fused-ring (bicyclic) bond motifs is 1. The molecule has 0 spiro atoms. The highest BCUT2D eigenvalue weighted by Crippen LogP contribution is 2.34. The van der Waals surface area contributed by atoms with E-state index in [1.54, 1.807) is 18.2 Å². The molecule has 0 aliphatic rings. The highest BCUT2D eigenvalue weighted by molar-refractivity contribution is 6.31. The van der Waals surface area contributed by atoms with Crippen LogP contribution in [-0.2, 0) is 9.59 Å². The van der Waals surface area contributed by atoms with Crippen LogP contribution < -0.4 is 26.0 Å². The number of nitrogens with zero attached hydrogens (tertiary/aromatic N) is 3. The summed E-state index contributed by atoms with van der Waals surface area (Å²) in [4.78, 5) is 45.3. The zero-order valence-electron chi connectivity index (χ0n) is 21.8. The van der Waals surface area contributed by atoms with Gasteiger partial charge in [-0.25, -0.2) is 19.2 Å². The lowest BCUT2D eigenvalue weighted by atomic mass is 10.1. The van der Waals surface area contributed by atoms with Crippen molar-refractivity contribution in [3.05, 3.63) is 59.7 Å². The van der Waals surface area contributed by atoms with Crippen molar-refractivity contribution in [1.82, 2.24) is 25.5 Å². The molecule has 0 unspecified atom stereocenters. The van der Waals surface area contributed by atoms with Crippen LogP contribution in [0.4, 0.5) is 26.4 Å². The lowest BCUT2D eigenvalue weighted by Crippen LogP contribution is -2.36. The third-order valence-corrected chi connectivity index (χ3v) is 5.51. The topological polar surface area (TPSA) is 158 Å². The van der Waals surface area contributed by atoms with E-state index in [1.165, 1.54) is 30.6 Å². The van der Waals surface area contributed by atoms with Crippen molar-refractivity contribution in [2.75, 3.05) is 51.0 Å². The second-order valence-corrected chi connectivity index (χ2v) is 9.11. The molecule has 12 nitrogen and oxygen atoms in total. The fourth-order valence-electron chi connectivity index (χ4n) is 3.36. The maximum atomic E-state index is 13.6. The third-order valence-electron chi connectivity index (χ3n) is 5.22. The quantitative estimate of drug-likeness (QED) is 0.153. The standard InChI is InChI=1S/C26H29ClFN7O5/c1-35(2)9-3-5-23(36)34-21-12-17-20(13-22(21)40-10-4-8-29-24(37)14-30-26(38)39)31-15-32-25(17)33-16-6-7-19(28)18(27)11-16/h3,5-7,11-13,15,30H,4,8-10,14H2,1-2H3,(H,29,37)(H,34,36)(H,38,39)(H,31,32,33)/b5-3+. The molecular weight excluding hydrogens is 545 g/mol. The van der Waals surface area contributed by atoms with Crippen LogP contribution in [-0.4, -0.2) is 78.2 Å². The van der Waals surface area contributed by atoms with Gasteiger partial charge in [-0.3, -0.25) is 9.59 Å². The number of hydrogen-bond donors (Lipinski definition) is 5. The molecule has 0 aliphatic carbocycles. The average Bonchev–Trinajstić information content (AvgIpc) is 2.89. The van der Waals surface area contributed by atoms with E-state index in [4.69, 9.17) is 21.4 Å². The summed E-state index contributed by atoms with van der Waals surface area (Å²) in [5.74, 6) is -0.651. The number of halogens is 2. The first-order valence-corrected chi connectivity index (χ1v) is 12.5. The highest BCUT2D eigenvalue weighted by Gasteiger charge is 2.14. The molecule has 0 aliphatic heterocycles. The summed E-state index contributed by atoms with van der Waals surface area (Å²) in [6.45, 7) is 0.657. The molecule has 1 aromatic heterocycles. The van der Waals surface area contributed by atoms with E-state index < -0.39 is 17.8 Å². The molecule has 1 heterocycles. The molecule has 3 rings (SSSR count). The average molecular weight is 574 g/mol. The summed E-state index contributed by atoms with van der Waals surface area (Å²) in [5, 5.41) is 19.5. The van der Waals surface area contributed by atoms with E-state index in [1.807, 2.05) is 24.3 Å². The van der Waals surface area contributed by atoms with Crippen LogP contribution in [0.2, 0.25) is 5.02 Å². The molecule has 0 atom stereocenters. The number of amides is 3. The van der Waals surface area contributed by atoms with Gasteiger partial charge < -0.3 is 36.0 Å². The monoisotopic (exact) mass is 573 g/mol. The van der Waals surface area contributed by atoms with Crippen molar-refractivity contribution in [3.8, 4) is 5.75 Å². The van der Waals surface area contributed by atoms with E-state index in [9.17, 15) is 18.8 Å². The SMILES string of the molecule is CN(C)C/C=C/C(=O)Nc1cc2c(Nc3ccc(F)c(Cl)c3)ncnc2cc1OCCCNC(=O)CNC(=O)O. The lowest BCUT2D eigenvalue weighted by molar-refractivity contribution is -0.120. The van der Waals surface area contributed by atoms with Gasteiger partial charge in [0, 0.05) is 36.3 Å². The van der Waals surface area contributed by atoms with E-state index >= 15 is 0 Å². The minimum Gasteiger partial charge on any atom is -0.491 e. The van der Waals surface area contributed by atoms with Crippen molar-refractivity contribution < 1.29 is 28.6 Å². The number of rotatable bonds is 13. The van der Waals surface area contributed by atoms with Gasteiger partial charge in [0.15, 0.2) is 0 Å². The van der Waals surface area contributed by atoms with Gasteiger partial charge in [0.1, 0.15) is 23.7 Å². The Bertz CT molecular complexity index is 1400. The largest absolute Gasteiger partial charge is 0.491 e. The van der Waals surface area contributed by atoms with Crippen LogP contribution in [0.5, 0.6) is 5.75 Å². The summed E-state index contributed by atoms with van der Waals surface area (Å²) in [6.07, 6.45) is 3.60. The van der Waals surface area contributed by atoms with Gasteiger partial charge >= 0.3 is 6.09 Å². The Morgan fingerprint density at radius 3 is 2.67 bits per heavy atom. The summed E-state index contributed by atoms with van der Waals surface area (Å²) < 4.78 is 19.5. The first-order valence-electron chi connectivity index (χ1n) is 12.1. The van der Waals surface area contributed by atoms with Crippen LogP contribution in [0.3, 0.4) is 0 Å². The number of anilines is 3. The maximum Gasteiger partial charge on any atom is 0.405 e. The van der Waals surface area contributed by atoms with Gasteiger partial charge in [-0.15, -0.1) is 0 Å². The van der Waals surface area contributed by atoms with E-state index in [-0.39, 0.29) is 30.6 Å². The number of carboxylic acid groups (broad SMARTS) is 1. The molecule has 3 aromatic rings. The number of carbonyl (C=O) groups excluding carboxylic acids is 2. The fraction of sp³-hybridized carbons (Fsp3) is 0.269. The second-order valence-electron chi connectivity index (χ2n) is 8.71. The third kappa shape index (κ3) is 9.36. The van der Waals surface area contributed by atoms with Crippen LogP contribution >= 0.6 is 11.6 Å². The summed E-state index contributed by atoms with van der Waals surface area (Å²) in [7, 11) is 3.76. The number of nitrogens with one attached hydrogen (secondary N) is 4. The van der Waals surface area contributed by atoms with E-state index in [2.05, 4.69) is 25.9 Å². The molecule has 14 heteroatoms. The van der Waals surface area contributed by atoms with Crippen molar-refractivity contribution in [3.63, 3.8) is 0 Å². The number of hydrogen-bond acceptors (Lipinski definition) is 8. The van der Waals surface area contributed by atoms with Crippen LogP contribution in [0, 0.1) is 5.82 Å². The predicted molar refractivity (Wildman–Crippen MR) is 150 cm³/mol. The van der Waals surface area contributed by atoms with Gasteiger partial charge in [0.05, 0.1) is 29.4 Å². The molecule has 5 N–H and O–H groups in total. The molecule has 0 bridgehead atoms. The molecular formula is C26H29ClFN7O5. The number of ether oxygens (including phenoxy) is 1. The van der Waals surface area contributed by atoms with Crippen molar-refractivity contribution >= 4 is 57.6 Å². The smallest absolute Gasteiger partial charge is 0.405 e. The van der Waals surface area contributed by atoms with Gasteiger partial charge in [0.25, 0.3) is 0 Å².